The Morgan fingerprint density at radius 3 is 2.47 bits per heavy atom. The minimum absolute atomic E-state index is 0.0561. The Kier molecular flexibility index (Phi) is 6.63. The Labute approximate surface area is 121 Å². The molecule has 3 nitrogen and oxygen atoms in total. The average molecular weight is 286 g/mol. The van der Waals surface area contributed by atoms with Crippen molar-refractivity contribution in [3.63, 3.8) is 0 Å². The fourth-order valence-electron chi connectivity index (χ4n) is 1.71. The maximum absolute atomic E-state index is 9.39. The van der Waals surface area contributed by atoms with Gasteiger partial charge in [0.1, 0.15) is 5.75 Å². The van der Waals surface area contributed by atoms with E-state index in [0.29, 0.717) is 10.8 Å². The van der Waals surface area contributed by atoms with Gasteiger partial charge in [-0.1, -0.05) is 30.7 Å². The molecule has 0 saturated carbocycles. The van der Waals surface area contributed by atoms with Gasteiger partial charge in [-0.3, -0.25) is 0 Å². The summed E-state index contributed by atoms with van der Waals surface area (Å²) in [6.07, 6.45) is 1.87. The van der Waals surface area contributed by atoms with E-state index in [9.17, 15) is 5.11 Å². The van der Waals surface area contributed by atoms with Crippen molar-refractivity contribution in [3.8, 4) is 5.75 Å². The second-order valence-electron chi connectivity index (χ2n) is 5.08. The van der Waals surface area contributed by atoms with E-state index in [1.165, 1.54) is 0 Å². The first kappa shape index (κ1) is 16.3. The largest absolute Gasteiger partial charge is 0.489 e. The minimum atomic E-state index is -0.0561. The van der Waals surface area contributed by atoms with Crippen LogP contribution < -0.4 is 4.74 Å². The predicted molar refractivity (Wildman–Crippen MR) is 80.0 cm³/mol. The van der Waals surface area contributed by atoms with E-state index in [1.807, 2.05) is 33.2 Å². The topological polar surface area (TPSA) is 32.7 Å². The zero-order chi connectivity index (χ0) is 14.4. The van der Waals surface area contributed by atoms with Crippen molar-refractivity contribution in [2.45, 2.75) is 39.4 Å². The lowest BCUT2D eigenvalue weighted by atomic mass is 10.1. The molecule has 0 aromatic heterocycles. The molecule has 0 radical (unpaired) electrons. The summed E-state index contributed by atoms with van der Waals surface area (Å²) < 4.78 is 5.86. The summed E-state index contributed by atoms with van der Waals surface area (Å²) in [6.45, 7) is 4.94. The minimum Gasteiger partial charge on any atom is -0.489 e. The molecule has 0 fully saturated rings. The standard InChI is InChI=1S/C15H24ClNO2/c1-5-11(2)19-15-13(10-18)7-6-12(14(15)16)8-9-17(3)4/h6-7,11,18H,5,8-10H2,1-4H3. The lowest BCUT2D eigenvalue weighted by Gasteiger charge is -2.19. The predicted octanol–water partition coefficient (Wildman–Crippen LogP) is 3.11. The number of halogens is 1. The van der Waals surface area contributed by atoms with E-state index in [-0.39, 0.29) is 12.7 Å². The molecule has 4 heteroatoms. The number of aliphatic hydroxyl groups excluding tert-OH is 1. The first-order chi connectivity index (χ1) is 8.99. The van der Waals surface area contributed by atoms with E-state index in [2.05, 4.69) is 11.8 Å². The molecular formula is C15H24ClNO2. The van der Waals surface area contributed by atoms with Gasteiger partial charge < -0.3 is 14.7 Å². The number of nitrogens with zero attached hydrogens (tertiary/aromatic N) is 1. The lowest BCUT2D eigenvalue weighted by Crippen LogP contribution is -2.16. The van der Waals surface area contributed by atoms with E-state index in [1.54, 1.807) is 0 Å². The highest BCUT2D eigenvalue weighted by atomic mass is 35.5. The van der Waals surface area contributed by atoms with Crippen LogP contribution in [0, 0.1) is 0 Å². The average Bonchev–Trinajstić information content (AvgIpc) is 2.39. The van der Waals surface area contributed by atoms with E-state index >= 15 is 0 Å². The van der Waals surface area contributed by atoms with Gasteiger partial charge in [0.2, 0.25) is 0 Å². The van der Waals surface area contributed by atoms with Crippen LogP contribution in [-0.2, 0) is 13.0 Å². The van der Waals surface area contributed by atoms with Crippen LogP contribution in [0.15, 0.2) is 12.1 Å². The highest BCUT2D eigenvalue weighted by Crippen LogP contribution is 2.33. The maximum Gasteiger partial charge on any atom is 0.144 e. The van der Waals surface area contributed by atoms with Gasteiger partial charge in [-0.05, 0) is 39.4 Å². The zero-order valence-electron chi connectivity index (χ0n) is 12.2. The summed E-state index contributed by atoms with van der Waals surface area (Å²) in [6, 6.07) is 3.87. The molecule has 0 aliphatic carbocycles. The van der Waals surface area contributed by atoms with Gasteiger partial charge in [0, 0.05) is 12.1 Å². The van der Waals surface area contributed by atoms with Crippen LogP contribution in [0.5, 0.6) is 5.75 Å². The molecule has 0 aliphatic heterocycles. The highest BCUT2D eigenvalue weighted by molar-refractivity contribution is 6.33. The molecule has 1 unspecified atom stereocenters. The molecule has 0 spiro atoms. The second kappa shape index (κ2) is 7.73. The quantitative estimate of drug-likeness (QED) is 0.835. The van der Waals surface area contributed by atoms with Gasteiger partial charge in [-0.25, -0.2) is 0 Å². The molecule has 1 atom stereocenters. The van der Waals surface area contributed by atoms with Gasteiger partial charge in [0.05, 0.1) is 17.7 Å². The molecule has 0 amide bonds. The van der Waals surface area contributed by atoms with Crippen LogP contribution >= 0.6 is 11.6 Å². The Balaban J connectivity index is 3.00. The van der Waals surface area contributed by atoms with Crippen molar-refractivity contribution >= 4 is 11.6 Å². The third-order valence-electron chi connectivity index (χ3n) is 3.15. The zero-order valence-corrected chi connectivity index (χ0v) is 13.0. The Hall–Kier alpha value is -0.770. The SMILES string of the molecule is CCC(C)Oc1c(CO)ccc(CCN(C)C)c1Cl. The van der Waals surface area contributed by atoms with Gasteiger partial charge in [-0.15, -0.1) is 0 Å². The molecule has 0 bridgehead atoms. The van der Waals surface area contributed by atoms with E-state index in [4.69, 9.17) is 16.3 Å². The number of aliphatic hydroxyl groups is 1. The normalized spacial score (nSPS) is 12.8. The lowest BCUT2D eigenvalue weighted by molar-refractivity contribution is 0.206. The van der Waals surface area contributed by atoms with Crippen LogP contribution in [0.4, 0.5) is 0 Å². The molecule has 1 N–H and O–H groups in total. The molecule has 19 heavy (non-hydrogen) atoms. The summed E-state index contributed by atoms with van der Waals surface area (Å²) >= 11 is 6.42. The van der Waals surface area contributed by atoms with Crippen molar-refractivity contribution in [3.05, 3.63) is 28.3 Å². The van der Waals surface area contributed by atoms with Crippen molar-refractivity contribution in [1.82, 2.24) is 4.90 Å². The van der Waals surface area contributed by atoms with Crippen LogP contribution in [0.3, 0.4) is 0 Å². The molecule has 1 rings (SSSR count). The Morgan fingerprint density at radius 2 is 1.95 bits per heavy atom. The van der Waals surface area contributed by atoms with Gasteiger partial charge in [0.25, 0.3) is 0 Å². The Morgan fingerprint density at radius 1 is 1.32 bits per heavy atom. The number of hydrogen-bond donors (Lipinski definition) is 1. The molecule has 108 valence electrons. The number of hydrogen-bond acceptors (Lipinski definition) is 3. The van der Waals surface area contributed by atoms with E-state index in [0.717, 1.165) is 30.5 Å². The van der Waals surface area contributed by atoms with Gasteiger partial charge in [-0.2, -0.15) is 0 Å². The molecule has 1 aromatic carbocycles. The molecule has 0 heterocycles. The first-order valence-corrected chi connectivity index (χ1v) is 7.09. The monoisotopic (exact) mass is 285 g/mol. The summed E-state index contributed by atoms with van der Waals surface area (Å²) in [7, 11) is 4.07. The molecular weight excluding hydrogens is 262 g/mol. The molecule has 0 aliphatic rings. The fourth-order valence-corrected chi connectivity index (χ4v) is 2.03. The van der Waals surface area contributed by atoms with Crippen molar-refractivity contribution < 1.29 is 9.84 Å². The number of benzene rings is 1. The third-order valence-corrected chi connectivity index (χ3v) is 3.57. The van der Waals surface area contributed by atoms with Crippen molar-refractivity contribution in [2.75, 3.05) is 20.6 Å². The Bertz CT molecular complexity index is 407. The fraction of sp³-hybridized carbons (Fsp3) is 0.600. The summed E-state index contributed by atoms with van der Waals surface area (Å²) in [5.74, 6) is 0.634. The maximum atomic E-state index is 9.39. The third kappa shape index (κ3) is 4.68. The van der Waals surface area contributed by atoms with E-state index < -0.39 is 0 Å². The van der Waals surface area contributed by atoms with Crippen molar-refractivity contribution in [2.24, 2.45) is 0 Å². The number of ether oxygens (including phenoxy) is 1. The van der Waals surface area contributed by atoms with Crippen LogP contribution in [0.25, 0.3) is 0 Å². The van der Waals surface area contributed by atoms with Crippen LogP contribution in [0.2, 0.25) is 5.02 Å². The highest BCUT2D eigenvalue weighted by Gasteiger charge is 2.15. The number of likely N-dealkylation sites (N-methyl/N-ethyl adjacent to an activating group) is 1. The smallest absolute Gasteiger partial charge is 0.144 e. The molecule has 0 saturated heterocycles. The summed E-state index contributed by atoms with van der Waals surface area (Å²) in [4.78, 5) is 2.12. The van der Waals surface area contributed by atoms with Gasteiger partial charge in [0.15, 0.2) is 0 Å². The van der Waals surface area contributed by atoms with Crippen LogP contribution in [-0.4, -0.2) is 36.8 Å². The van der Waals surface area contributed by atoms with Gasteiger partial charge >= 0.3 is 0 Å². The van der Waals surface area contributed by atoms with Crippen molar-refractivity contribution in [1.29, 1.82) is 0 Å². The first-order valence-electron chi connectivity index (χ1n) is 6.72. The summed E-state index contributed by atoms with van der Waals surface area (Å²) in [5.41, 5.74) is 1.81. The number of rotatable bonds is 7. The summed E-state index contributed by atoms with van der Waals surface area (Å²) in [5, 5.41) is 10.0. The second-order valence-corrected chi connectivity index (χ2v) is 5.45. The van der Waals surface area contributed by atoms with Crippen LogP contribution in [0.1, 0.15) is 31.4 Å². The molecule has 1 aromatic rings.